The highest BCUT2D eigenvalue weighted by Gasteiger charge is 2.28. The lowest BCUT2D eigenvalue weighted by molar-refractivity contribution is -0.142. The van der Waals surface area contributed by atoms with Gasteiger partial charge >= 0.3 is 5.97 Å². The predicted molar refractivity (Wildman–Crippen MR) is 154 cm³/mol. The second-order valence-corrected chi connectivity index (χ2v) is 9.97. The molecule has 1 N–H and O–H groups in total. The molecule has 1 aromatic heterocycles. The fourth-order valence-electron chi connectivity index (χ4n) is 4.94. The first-order valence-electron chi connectivity index (χ1n) is 13.6. The number of aromatic nitrogens is 1. The highest BCUT2D eigenvalue weighted by molar-refractivity contribution is 5.86. The summed E-state index contributed by atoms with van der Waals surface area (Å²) in [7, 11) is 1.66. The van der Waals surface area contributed by atoms with E-state index in [0.29, 0.717) is 31.9 Å². The molecule has 1 aliphatic rings. The molecule has 0 radical (unpaired) electrons. The number of ether oxygens (including phenoxy) is 2. The number of carbonyl (C=O) groups is 2. The fraction of sp³-hybridized carbons (Fsp3) is 0.303. The molecule has 5 rings (SSSR count). The number of hydrogen-bond donors (Lipinski definition) is 1. The molecular weight excluding hydrogens is 488 g/mol. The maximum Gasteiger partial charge on any atom is 0.310 e. The van der Waals surface area contributed by atoms with E-state index in [2.05, 4.69) is 46.7 Å². The average Bonchev–Trinajstić information content (AvgIpc) is 3.81. The maximum atomic E-state index is 12.2. The normalized spacial score (nSPS) is 12.9. The molecule has 1 saturated carbocycles. The molecule has 0 amide bonds. The first-order valence-corrected chi connectivity index (χ1v) is 13.6. The smallest absolute Gasteiger partial charge is 0.310 e. The van der Waals surface area contributed by atoms with Gasteiger partial charge in [-0.15, -0.1) is 0 Å². The zero-order chi connectivity index (χ0) is 27.2. The van der Waals surface area contributed by atoms with E-state index < -0.39 is 0 Å². The Labute approximate surface area is 229 Å². The van der Waals surface area contributed by atoms with Crippen molar-refractivity contribution in [2.45, 2.75) is 39.2 Å². The summed E-state index contributed by atoms with van der Waals surface area (Å²) in [6, 6.07) is 22.5. The number of ketones is 1. The number of rotatable bonds is 12. The van der Waals surface area contributed by atoms with Gasteiger partial charge in [-0.2, -0.15) is 0 Å². The summed E-state index contributed by atoms with van der Waals surface area (Å²) in [4.78, 5) is 28.8. The van der Waals surface area contributed by atoms with E-state index in [4.69, 9.17) is 9.47 Å². The van der Waals surface area contributed by atoms with Gasteiger partial charge in [-0.05, 0) is 84.0 Å². The summed E-state index contributed by atoms with van der Waals surface area (Å²) < 4.78 is 10.9. The summed E-state index contributed by atoms with van der Waals surface area (Å²) in [6.45, 7) is 3.40. The molecule has 0 saturated heterocycles. The minimum atomic E-state index is -0.253. The van der Waals surface area contributed by atoms with Crippen LogP contribution in [0.15, 0.2) is 72.9 Å². The molecule has 0 unspecified atom stereocenters. The Morgan fingerprint density at radius 2 is 1.79 bits per heavy atom. The van der Waals surface area contributed by atoms with Crippen LogP contribution in [0.3, 0.4) is 0 Å². The van der Waals surface area contributed by atoms with Crippen LogP contribution < -0.4 is 10.1 Å². The Balaban J connectivity index is 1.48. The van der Waals surface area contributed by atoms with E-state index in [9.17, 15) is 9.59 Å². The van der Waals surface area contributed by atoms with E-state index >= 15 is 0 Å². The summed E-state index contributed by atoms with van der Waals surface area (Å²) in [5.41, 5.74) is 7.05. The van der Waals surface area contributed by atoms with Gasteiger partial charge in [0.1, 0.15) is 11.5 Å². The number of Topliss-reactive ketones (excluding diaryl/α,β-unsaturated/α-hetero) is 1. The summed E-state index contributed by atoms with van der Waals surface area (Å²) in [6.07, 6.45) is 4.63. The molecule has 4 aromatic rings. The third-order valence-corrected chi connectivity index (χ3v) is 7.15. The van der Waals surface area contributed by atoms with Crippen molar-refractivity contribution in [1.82, 2.24) is 10.3 Å². The lowest BCUT2D eigenvalue weighted by Gasteiger charge is -2.17. The zero-order valence-electron chi connectivity index (χ0n) is 22.5. The summed E-state index contributed by atoms with van der Waals surface area (Å²) in [5.74, 6) is 1.11. The lowest BCUT2D eigenvalue weighted by atomic mass is 9.92. The largest absolute Gasteiger partial charge is 0.496 e. The van der Waals surface area contributed by atoms with Gasteiger partial charge in [0.2, 0.25) is 0 Å². The van der Waals surface area contributed by atoms with E-state index in [0.717, 1.165) is 62.9 Å². The molecular formula is C33H34N2O4. The molecule has 3 aromatic carbocycles. The number of methoxy groups -OCH3 is 1. The first kappa shape index (κ1) is 26.6. The van der Waals surface area contributed by atoms with Gasteiger partial charge in [-0.3, -0.25) is 14.6 Å². The highest BCUT2D eigenvalue weighted by Crippen LogP contribution is 2.36. The molecule has 0 bridgehead atoms. The number of esters is 1. The van der Waals surface area contributed by atoms with E-state index in [-0.39, 0.29) is 18.3 Å². The van der Waals surface area contributed by atoms with Crippen LogP contribution in [-0.2, 0) is 27.3 Å². The number of fused-ring (bicyclic) bond motifs is 1. The monoisotopic (exact) mass is 522 g/mol. The molecule has 0 aliphatic heterocycles. The first-order chi connectivity index (χ1) is 19.1. The van der Waals surface area contributed by atoms with Gasteiger partial charge in [0.05, 0.1) is 25.7 Å². The Kier molecular flexibility index (Phi) is 8.33. The van der Waals surface area contributed by atoms with Gasteiger partial charge in [-0.1, -0.05) is 30.3 Å². The van der Waals surface area contributed by atoms with Crippen molar-refractivity contribution in [2.75, 3.05) is 20.3 Å². The van der Waals surface area contributed by atoms with Crippen molar-refractivity contribution in [3.63, 3.8) is 0 Å². The van der Waals surface area contributed by atoms with Gasteiger partial charge in [-0.25, -0.2) is 0 Å². The SMILES string of the molecule is CCOC(=O)Cc1ccc(OC)c(-c2ccc(-c3ccc4ncccc4c3)cc2CNCCC(=O)C2CC2)c1. The third kappa shape index (κ3) is 6.52. The third-order valence-electron chi connectivity index (χ3n) is 7.15. The van der Waals surface area contributed by atoms with Crippen LogP contribution in [-0.4, -0.2) is 37.0 Å². The number of carbonyl (C=O) groups excluding carboxylic acids is 2. The number of benzene rings is 3. The van der Waals surface area contributed by atoms with Crippen molar-refractivity contribution in [3.05, 3.63) is 84.1 Å². The Morgan fingerprint density at radius 1 is 0.974 bits per heavy atom. The number of nitrogens with one attached hydrogen (secondary N) is 1. The number of pyridine rings is 1. The van der Waals surface area contributed by atoms with Gasteiger partial charge in [0, 0.05) is 42.6 Å². The van der Waals surface area contributed by atoms with Crippen molar-refractivity contribution < 1.29 is 19.1 Å². The van der Waals surface area contributed by atoms with E-state index in [1.165, 1.54) is 0 Å². The van der Waals surface area contributed by atoms with E-state index in [1.807, 2.05) is 37.3 Å². The molecule has 1 aliphatic carbocycles. The Bertz CT molecular complexity index is 1490. The highest BCUT2D eigenvalue weighted by atomic mass is 16.5. The van der Waals surface area contributed by atoms with Crippen molar-refractivity contribution in [3.8, 4) is 28.0 Å². The molecule has 6 heteroatoms. The van der Waals surface area contributed by atoms with Crippen LogP contribution in [0.5, 0.6) is 5.75 Å². The fourth-order valence-corrected chi connectivity index (χ4v) is 4.94. The molecule has 200 valence electrons. The van der Waals surface area contributed by atoms with Crippen LogP contribution in [0.2, 0.25) is 0 Å². The second kappa shape index (κ2) is 12.2. The summed E-state index contributed by atoms with van der Waals surface area (Å²) >= 11 is 0. The summed E-state index contributed by atoms with van der Waals surface area (Å²) in [5, 5.41) is 4.58. The quantitative estimate of drug-likeness (QED) is 0.178. The van der Waals surface area contributed by atoms with Crippen LogP contribution in [0, 0.1) is 5.92 Å². The maximum absolute atomic E-state index is 12.2. The van der Waals surface area contributed by atoms with Crippen molar-refractivity contribution in [2.24, 2.45) is 5.92 Å². The molecule has 0 atom stereocenters. The predicted octanol–water partition coefficient (Wildman–Crippen LogP) is 6.14. The molecule has 1 fully saturated rings. The topological polar surface area (TPSA) is 77.5 Å². The minimum absolute atomic E-state index is 0.199. The molecule has 39 heavy (non-hydrogen) atoms. The van der Waals surface area contributed by atoms with E-state index in [1.54, 1.807) is 13.3 Å². The van der Waals surface area contributed by atoms with Crippen molar-refractivity contribution >= 4 is 22.7 Å². The Hall–Kier alpha value is -4.03. The minimum Gasteiger partial charge on any atom is -0.496 e. The lowest BCUT2D eigenvalue weighted by Crippen LogP contribution is -2.19. The number of hydrogen-bond acceptors (Lipinski definition) is 6. The van der Waals surface area contributed by atoms with Crippen LogP contribution in [0.4, 0.5) is 0 Å². The standard InChI is InChI=1S/C33H34N2O4/c1-3-39-33(37)18-22-6-13-32(38-2)29(17-22)28-11-9-24(25-10-12-30-26(19-25)5-4-15-35-30)20-27(28)21-34-16-14-31(36)23-7-8-23/h4-6,9-13,15,17,19-20,23,34H,3,7-8,14,16,18,21H2,1-2H3. The van der Waals surface area contributed by atoms with Crippen LogP contribution in [0.1, 0.15) is 37.3 Å². The van der Waals surface area contributed by atoms with Gasteiger partial charge < -0.3 is 14.8 Å². The van der Waals surface area contributed by atoms with Crippen LogP contribution >= 0.6 is 0 Å². The molecule has 1 heterocycles. The van der Waals surface area contributed by atoms with Crippen molar-refractivity contribution in [1.29, 1.82) is 0 Å². The van der Waals surface area contributed by atoms with Gasteiger partial charge in [0.25, 0.3) is 0 Å². The average molecular weight is 523 g/mol. The number of nitrogens with zero attached hydrogens (tertiary/aromatic N) is 1. The van der Waals surface area contributed by atoms with Crippen LogP contribution in [0.25, 0.3) is 33.2 Å². The molecule has 0 spiro atoms. The molecule has 6 nitrogen and oxygen atoms in total. The van der Waals surface area contributed by atoms with Gasteiger partial charge in [0.15, 0.2) is 0 Å². The zero-order valence-corrected chi connectivity index (χ0v) is 22.5. The Morgan fingerprint density at radius 3 is 2.59 bits per heavy atom. The second-order valence-electron chi connectivity index (χ2n) is 9.97.